The van der Waals surface area contributed by atoms with E-state index in [2.05, 4.69) is 41.0 Å². The molecule has 1 fully saturated rings. The van der Waals surface area contributed by atoms with Crippen LogP contribution in [0.3, 0.4) is 0 Å². The minimum absolute atomic E-state index is 0.0656. The van der Waals surface area contributed by atoms with E-state index >= 15 is 0 Å². The van der Waals surface area contributed by atoms with Gasteiger partial charge in [-0.15, -0.1) is 0 Å². The standard InChI is InChI=1S/C27H30N4O2/c1-18-9-3-5-11-20(18)16-30-24-14-8-6-12-21(24)22-15-28-31(27(33)26(22)30)17-25(32)29-23-13-7-4-10-19(23)2/h3,5-6,8-9,11-12,14-15,19,23H,4,7,10,13,16-17H2,1-2H3,(H,29,32)/t19-,23-/m0/s1. The molecule has 0 saturated heterocycles. The highest BCUT2D eigenvalue weighted by Crippen LogP contribution is 2.28. The Hall–Kier alpha value is -3.41. The summed E-state index contributed by atoms with van der Waals surface area (Å²) in [5.74, 6) is 0.316. The third-order valence-electron chi connectivity index (χ3n) is 7.11. The van der Waals surface area contributed by atoms with Crippen LogP contribution in [0, 0.1) is 12.8 Å². The fraction of sp³-hybridized carbons (Fsp3) is 0.370. The zero-order valence-electron chi connectivity index (χ0n) is 19.3. The lowest BCUT2D eigenvalue weighted by molar-refractivity contribution is -0.123. The number of hydrogen-bond acceptors (Lipinski definition) is 3. The number of carbonyl (C=O) groups is 1. The highest BCUT2D eigenvalue weighted by Gasteiger charge is 2.23. The molecule has 1 N–H and O–H groups in total. The average Bonchev–Trinajstić information content (AvgIpc) is 3.13. The molecular weight excluding hydrogens is 412 g/mol. The highest BCUT2D eigenvalue weighted by molar-refractivity contribution is 6.07. The summed E-state index contributed by atoms with van der Waals surface area (Å²) in [6.07, 6.45) is 6.21. The van der Waals surface area contributed by atoms with Crippen LogP contribution in [0.15, 0.2) is 59.5 Å². The van der Waals surface area contributed by atoms with E-state index in [0.717, 1.165) is 41.1 Å². The van der Waals surface area contributed by atoms with Gasteiger partial charge >= 0.3 is 0 Å². The molecule has 0 aliphatic heterocycles. The lowest BCUT2D eigenvalue weighted by Gasteiger charge is -2.29. The van der Waals surface area contributed by atoms with Crippen molar-refractivity contribution in [2.24, 2.45) is 5.92 Å². The van der Waals surface area contributed by atoms with Gasteiger partial charge in [0, 0.05) is 28.9 Å². The van der Waals surface area contributed by atoms with Gasteiger partial charge in [0.25, 0.3) is 5.56 Å². The van der Waals surface area contributed by atoms with Crippen LogP contribution in [-0.2, 0) is 17.9 Å². The van der Waals surface area contributed by atoms with Gasteiger partial charge in [0.1, 0.15) is 12.1 Å². The predicted octanol–water partition coefficient (Wildman–Crippen LogP) is 4.40. The molecule has 0 unspecified atom stereocenters. The first-order valence-electron chi connectivity index (χ1n) is 11.8. The van der Waals surface area contributed by atoms with E-state index < -0.39 is 0 Å². The lowest BCUT2D eigenvalue weighted by Crippen LogP contribution is -2.43. The second kappa shape index (κ2) is 8.85. The van der Waals surface area contributed by atoms with Gasteiger partial charge in [-0.3, -0.25) is 9.59 Å². The number of amides is 1. The Morgan fingerprint density at radius 3 is 2.64 bits per heavy atom. The van der Waals surface area contributed by atoms with E-state index in [0.29, 0.717) is 18.0 Å². The number of carbonyl (C=O) groups excluding carboxylic acids is 1. The van der Waals surface area contributed by atoms with Gasteiger partial charge in [0.05, 0.1) is 6.20 Å². The van der Waals surface area contributed by atoms with Crippen molar-refractivity contribution in [3.63, 3.8) is 0 Å². The van der Waals surface area contributed by atoms with Gasteiger partial charge in [0.2, 0.25) is 5.91 Å². The topological polar surface area (TPSA) is 68.9 Å². The van der Waals surface area contributed by atoms with Gasteiger partial charge in [-0.25, -0.2) is 4.68 Å². The van der Waals surface area contributed by atoms with Gasteiger partial charge in [-0.05, 0) is 42.9 Å². The molecule has 1 amide bonds. The van der Waals surface area contributed by atoms with Crippen molar-refractivity contribution in [3.8, 4) is 0 Å². The van der Waals surface area contributed by atoms with E-state index in [1.165, 1.54) is 16.7 Å². The van der Waals surface area contributed by atoms with E-state index in [9.17, 15) is 9.59 Å². The van der Waals surface area contributed by atoms with Crippen LogP contribution in [0.4, 0.5) is 0 Å². The molecule has 6 heteroatoms. The maximum absolute atomic E-state index is 13.6. The van der Waals surface area contributed by atoms with E-state index in [1.807, 2.05) is 36.4 Å². The monoisotopic (exact) mass is 442 g/mol. The third-order valence-corrected chi connectivity index (χ3v) is 7.11. The number of hydrogen-bond donors (Lipinski definition) is 1. The number of benzene rings is 2. The lowest BCUT2D eigenvalue weighted by atomic mass is 9.86. The molecule has 1 aliphatic carbocycles. The van der Waals surface area contributed by atoms with Gasteiger partial charge < -0.3 is 9.88 Å². The minimum Gasteiger partial charge on any atom is -0.351 e. The van der Waals surface area contributed by atoms with E-state index in [4.69, 9.17) is 0 Å². The maximum Gasteiger partial charge on any atom is 0.291 e. The number of fused-ring (bicyclic) bond motifs is 3. The normalized spacial score (nSPS) is 18.6. The maximum atomic E-state index is 13.6. The Morgan fingerprint density at radius 2 is 1.82 bits per heavy atom. The van der Waals surface area contributed by atoms with Crippen LogP contribution in [0.2, 0.25) is 0 Å². The molecule has 170 valence electrons. The number of nitrogens with one attached hydrogen (secondary N) is 1. The van der Waals surface area contributed by atoms with Crippen molar-refractivity contribution in [1.29, 1.82) is 0 Å². The first-order valence-corrected chi connectivity index (χ1v) is 11.8. The average molecular weight is 443 g/mol. The van der Waals surface area contributed by atoms with Crippen LogP contribution in [0.5, 0.6) is 0 Å². The van der Waals surface area contributed by atoms with Gasteiger partial charge in [-0.1, -0.05) is 62.2 Å². The summed E-state index contributed by atoms with van der Waals surface area (Å²) in [5, 5.41) is 9.33. The molecule has 6 nitrogen and oxygen atoms in total. The quantitative estimate of drug-likeness (QED) is 0.498. The number of nitrogens with zero attached hydrogens (tertiary/aromatic N) is 3. The summed E-state index contributed by atoms with van der Waals surface area (Å²) >= 11 is 0. The third kappa shape index (κ3) is 4.06. The summed E-state index contributed by atoms with van der Waals surface area (Å²) in [6, 6.07) is 16.4. The minimum atomic E-state index is -0.232. The summed E-state index contributed by atoms with van der Waals surface area (Å²) < 4.78 is 3.37. The number of aryl methyl sites for hydroxylation is 1. The second-order valence-electron chi connectivity index (χ2n) is 9.34. The predicted molar refractivity (Wildman–Crippen MR) is 131 cm³/mol. The molecule has 1 aliphatic rings. The van der Waals surface area contributed by atoms with Crippen molar-refractivity contribution < 1.29 is 4.79 Å². The molecule has 2 aromatic heterocycles. The van der Waals surface area contributed by atoms with Crippen LogP contribution in [0.25, 0.3) is 21.8 Å². The highest BCUT2D eigenvalue weighted by atomic mass is 16.2. The summed E-state index contributed by atoms with van der Waals surface area (Å²) in [7, 11) is 0. The molecule has 0 spiro atoms. The molecule has 2 atom stereocenters. The number of aromatic nitrogens is 3. The second-order valence-corrected chi connectivity index (χ2v) is 9.34. The van der Waals surface area contributed by atoms with Crippen molar-refractivity contribution >= 4 is 27.7 Å². The number of rotatable bonds is 5. The van der Waals surface area contributed by atoms with Crippen molar-refractivity contribution in [2.45, 2.75) is 58.7 Å². The van der Waals surface area contributed by atoms with Crippen LogP contribution >= 0.6 is 0 Å². The smallest absolute Gasteiger partial charge is 0.291 e. The van der Waals surface area contributed by atoms with Crippen LogP contribution in [0.1, 0.15) is 43.7 Å². The van der Waals surface area contributed by atoms with Crippen LogP contribution < -0.4 is 10.9 Å². The van der Waals surface area contributed by atoms with E-state index in [-0.39, 0.29) is 24.1 Å². The van der Waals surface area contributed by atoms with E-state index in [1.54, 1.807) is 6.20 Å². The molecule has 4 aromatic rings. The Morgan fingerprint density at radius 1 is 1.06 bits per heavy atom. The summed E-state index contributed by atoms with van der Waals surface area (Å²) in [4.78, 5) is 26.4. The molecular formula is C27H30N4O2. The first-order chi connectivity index (χ1) is 16.0. The summed E-state index contributed by atoms with van der Waals surface area (Å²) in [5.41, 5.74) is 3.69. The molecule has 2 heterocycles. The fourth-order valence-electron chi connectivity index (χ4n) is 5.15. The molecule has 0 bridgehead atoms. The molecule has 2 aromatic carbocycles. The Balaban J connectivity index is 1.54. The molecule has 33 heavy (non-hydrogen) atoms. The summed E-state index contributed by atoms with van der Waals surface area (Å²) in [6.45, 7) is 4.79. The first kappa shape index (κ1) is 21.4. The Labute approximate surface area is 193 Å². The number of para-hydroxylation sites is 1. The molecule has 5 rings (SSSR count). The Kier molecular flexibility index (Phi) is 5.75. The van der Waals surface area contributed by atoms with Gasteiger partial charge in [-0.2, -0.15) is 5.10 Å². The zero-order chi connectivity index (χ0) is 22.9. The fourth-order valence-corrected chi connectivity index (χ4v) is 5.15. The largest absolute Gasteiger partial charge is 0.351 e. The van der Waals surface area contributed by atoms with Gasteiger partial charge in [0.15, 0.2) is 0 Å². The van der Waals surface area contributed by atoms with Crippen molar-refractivity contribution in [3.05, 3.63) is 76.2 Å². The molecule has 1 saturated carbocycles. The SMILES string of the molecule is Cc1ccccc1Cn1c2ccccc2c2cnn(CC(=O)N[C@H]3CCCC[C@@H]3C)c(=O)c21. The van der Waals surface area contributed by atoms with Crippen molar-refractivity contribution in [1.82, 2.24) is 19.7 Å². The molecule has 0 radical (unpaired) electrons. The van der Waals surface area contributed by atoms with Crippen molar-refractivity contribution in [2.75, 3.05) is 0 Å². The van der Waals surface area contributed by atoms with Crippen LogP contribution in [-0.4, -0.2) is 26.3 Å². The Bertz CT molecular complexity index is 1380. The zero-order valence-corrected chi connectivity index (χ0v) is 19.3.